The second-order valence-electron chi connectivity index (χ2n) is 5.40. The van der Waals surface area contributed by atoms with Gasteiger partial charge in [0.15, 0.2) is 0 Å². The third-order valence-corrected chi connectivity index (χ3v) is 4.08. The van der Waals surface area contributed by atoms with Gasteiger partial charge in [-0.2, -0.15) is 0 Å². The van der Waals surface area contributed by atoms with Gasteiger partial charge in [-0.15, -0.1) is 0 Å². The van der Waals surface area contributed by atoms with Crippen LogP contribution in [0.3, 0.4) is 0 Å². The Morgan fingerprint density at radius 3 is 2.32 bits per heavy atom. The van der Waals surface area contributed by atoms with Gasteiger partial charge in [0.1, 0.15) is 5.75 Å². The van der Waals surface area contributed by atoms with Gasteiger partial charge in [0.05, 0.1) is 7.11 Å². The summed E-state index contributed by atoms with van der Waals surface area (Å²) < 4.78 is 6.16. The first kappa shape index (κ1) is 17.0. The van der Waals surface area contributed by atoms with Crippen molar-refractivity contribution in [2.45, 2.75) is 0 Å². The van der Waals surface area contributed by atoms with Crippen molar-refractivity contribution in [2.24, 2.45) is 0 Å². The average Bonchev–Trinajstić information content (AvgIpc) is 2.63. The number of carbonyl (C=O) groups is 1. The summed E-state index contributed by atoms with van der Waals surface area (Å²) in [5.41, 5.74) is 3.21. The first-order valence-electron chi connectivity index (χ1n) is 7.72. The molecule has 0 spiro atoms. The number of rotatable bonds is 5. The van der Waals surface area contributed by atoms with Crippen LogP contribution in [0.25, 0.3) is 0 Å². The molecule has 0 aliphatic carbocycles. The standard InChI is InChI=1S/C20H17BrN2O2/c1-25-19-7-2-4-14(12-19)20(24)23-17-10-8-16(9-11-17)22-18-6-3-5-15(21)13-18/h2-13,22H,1H3,(H,23,24). The van der Waals surface area contributed by atoms with E-state index in [1.54, 1.807) is 31.4 Å². The van der Waals surface area contributed by atoms with Crippen molar-refractivity contribution in [2.75, 3.05) is 17.7 Å². The Morgan fingerprint density at radius 2 is 1.60 bits per heavy atom. The molecule has 0 saturated heterocycles. The fraction of sp³-hybridized carbons (Fsp3) is 0.0500. The number of hydrogen-bond acceptors (Lipinski definition) is 3. The molecule has 0 saturated carbocycles. The first-order valence-corrected chi connectivity index (χ1v) is 8.51. The third kappa shape index (κ3) is 4.61. The van der Waals surface area contributed by atoms with E-state index < -0.39 is 0 Å². The van der Waals surface area contributed by atoms with Crippen LogP contribution in [0.4, 0.5) is 17.1 Å². The summed E-state index contributed by atoms with van der Waals surface area (Å²) in [5.74, 6) is 0.479. The van der Waals surface area contributed by atoms with Crippen molar-refractivity contribution in [3.05, 3.63) is 82.8 Å². The highest BCUT2D eigenvalue weighted by Crippen LogP contribution is 2.22. The van der Waals surface area contributed by atoms with Crippen LogP contribution < -0.4 is 15.4 Å². The van der Waals surface area contributed by atoms with Crippen molar-refractivity contribution >= 4 is 38.9 Å². The molecule has 0 heterocycles. The Bertz CT molecular complexity index is 879. The molecule has 3 rings (SSSR count). The summed E-state index contributed by atoms with van der Waals surface area (Å²) >= 11 is 3.45. The van der Waals surface area contributed by atoms with E-state index >= 15 is 0 Å². The van der Waals surface area contributed by atoms with Crippen LogP contribution in [-0.4, -0.2) is 13.0 Å². The molecule has 25 heavy (non-hydrogen) atoms. The molecule has 1 amide bonds. The number of amides is 1. The number of ether oxygens (including phenoxy) is 1. The van der Waals surface area contributed by atoms with Crippen molar-refractivity contribution in [1.82, 2.24) is 0 Å². The summed E-state index contributed by atoms with van der Waals surface area (Å²) in [4.78, 5) is 12.3. The maximum atomic E-state index is 12.3. The molecule has 0 aromatic heterocycles. The fourth-order valence-electron chi connectivity index (χ4n) is 2.34. The lowest BCUT2D eigenvalue weighted by Gasteiger charge is -2.09. The summed E-state index contributed by atoms with van der Waals surface area (Å²) in [6, 6.07) is 22.5. The molecule has 0 atom stereocenters. The van der Waals surface area contributed by atoms with Gasteiger partial charge in [0, 0.05) is 27.1 Å². The number of benzene rings is 3. The van der Waals surface area contributed by atoms with E-state index in [-0.39, 0.29) is 5.91 Å². The highest BCUT2D eigenvalue weighted by molar-refractivity contribution is 9.10. The largest absolute Gasteiger partial charge is 0.497 e. The van der Waals surface area contributed by atoms with Crippen LogP contribution in [-0.2, 0) is 0 Å². The summed E-state index contributed by atoms with van der Waals surface area (Å²) in [6.45, 7) is 0. The molecule has 0 unspecified atom stereocenters. The second-order valence-corrected chi connectivity index (χ2v) is 6.31. The molecule has 3 aromatic carbocycles. The number of anilines is 3. The van der Waals surface area contributed by atoms with Crippen LogP contribution in [0.2, 0.25) is 0 Å². The van der Waals surface area contributed by atoms with E-state index in [9.17, 15) is 4.79 Å². The number of hydrogen-bond donors (Lipinski definition) is 2. The summed E-state index contributed by atoms with van der Waals surface area (Å²) in [5, 5.41) is 6.19. The van der Waals surface area contributed by atoms with Gasteiger partial charge in [-0.25, -0.2) is 0 Å². The fourth-order valence-corrected chi connectivity index (χ4v) is 2.74. The second kappa shape index (κ2) is 7.85. The molecule has 0 bridgehead atoms. The molecule has 126 valence electrons. The molecule has 4 nitrogen and oxygen atoms in total. The maximum absolute atomic E-state index is 12.3. The minimum atomic E-state index is -0.174. The number of nitrogens with one attached hydrogen (secondary N) is 2. The van der Waals surface area contributed by atoms with Crippen molar-refractivity contribution in [1.29, 1.82) is 0 Å². The lowest BCUT2D eigenvalue weighted by atomic mass is 10.2. The van der Waals surface area contributed by atoms with E-state index in [1.165, 1.54) is 0 Å². The van der Waals surface area contributed by atoms with E-state index in [2.05, 4.69) is 26.6 Å². The molecule has 2 N–H and O–H groups in total. The maximum Gasteiger partial charge on any atom is 0.255 e. The van der Waals surface area contributed by atoms with Crippen molar-refractivity contribution < 1.29 is 9.53 Å². The van der Waals surface area contributed by atoms with Gasteiger partial charge in [-0.3, -0.25) is 4.79 Å². The highest BCUT2D eigenvalue weighted by Gasteiger charge is 2.07. The summed E-state index contributed by atoms with van der Waals surface area (Å²) in [7, 11) is 1.58. The van der Waals surface area contributed by atoms with E-state index in [0.29, 0.717) is 11.3 Å². The third-order valence-electron chi connectivity index (χ3n) is 3.59. The summed E-state index contributed by atoms with van der Waals surface area (Å²) in [6.07, 6.45) is 0. The molecule has 0 radical (unpaired) electrons. The highest BCUT2D eigenvalue weighted by atomic mass is 79.9. The molecule has 5 heteroatoms. The van der Waals surface area contributed by atoms with Gasteiger partial charge < -0.3 is 15.4 Å². The zero-order valence-electron chi connectivity index (χ0n) is 13.6. The Hall–Kier alpha value is -2.79. The van der Waals surface area contributed by atoms with Crippen molar-refractivity contribution in [3.8, 4) is 5.75 Å². The van der Waals surface area contributed by atoms with Crippen LogP contribution in [0, 0.1) is 0 Å². The van der Waals surface area contributed by atoms with E-state index in [4.69, 9.17) is 4.74 Å². The predicted octanol–water partition coefficient (Wildman–Crippen LogP) is 5.45. The zero-order valence-corrected chi connectivity index (χ0v) is 15.2. The Morgan fingerprint density at radius 1 is 0.880 bits per heavy atom. The molecule has 0 aliphatic rings. The van der Waals surface area contributed by atoms with Gasteiger partial charge in [0.25, 0.3) is 5.91 Å². The minimum Gasteiger partial charge on any atom is -0.497 e. The molecule has 0 aliphatic heterocycles. The normalized spacial score (nSPS) is 10.2. The average molecular weight is 397 g/mol. The monoisotopic (exact) mass is 396 g/mol. The lowest BCUT2D eigenvalue weighted by molar-refractivity contribution is 0.102. The van der Waals surface area contributed by atoms with Crippen LogP contribution >= 0.6 is 15.9 Å². The van der Waals surface area contributed by atoms with Gasteiger partial charge in [-0.1, -0.05) is 28.1 Å². The van der Waals surface area contributed by atoms with Gasteiger partial charge >= 0.3 is 0 Å². The molecular formula is C20H17BrN2O2. The molecule has 3 aromatic rings. The van der Waals surface area contributed by atoms with Crippen LogP contribution in [0.5, 0.6) is 5.75 Å². The number of methoxy groups -OCH3 is 1. The smallest absolute Gasteiger partial charge is 0.255 e. The zero-order chi connectivity index (χ0) is 17.6. The molecule has 0 fully saturated rings. The van der Waals surface area contributed by atoms with Crippen LogP contribution in [0.15, 0.2) is 77.3 Å². The Balaban J connectivity index is 1.66. The predicted molar refractivity (Wildman–Crippen MR) is 105 cm³/mol. The quantitative estimate of drug-likeness (QED) is 0.602. The van der Waals surface area contributed by atoms with Gasteiger partial charge in [-0.05, 0) is 60.7 Å². The Kier molecular flexibility index (Phi) is 5.36. The first-order chi connectivity index (χ1) is 12.1. The lowest BCUT2D eigenvalue weighted by Crippen LogP contribution is -2.11. The van der Waals surface area contributed by atoms with Crippen LogP contribution in [0.1, 0.15) is 10.4 Å². The van der Waals surface area contributed by atoms with E-state index in [1.807, 2.05) is 48.5 Å². The number of carbonyl (C=O) groups excluding carboxylic acids is 1. The SMILES string of the molecule is COc1cccc(C(=O)Nc2ccc(Nc3cccc(Br)c3)cc2)c1. The van der Waals surface area contributed by atoms with E-state index in [0.717, 1.165) is 21.5 Å². The number of halogens is 1. The van der Waals surface area contributed by atoms with Crippen molar-refractivity contribution in [3.63, 3.8) is 0 Å². The Labute approximate surface area is 155 Å². The topological polar surface area (TPSA) is 50.4 Å². The molecular weight excluding hydrogens is 380 g/mol. The van der Waals surface area contributed by atoms with Gasteiger partial charge in [0.2, 0.25) is 0 Å². The minimum absolute atomic E-state index is 0.174.